The fraction of sp³-hybridized carbons (Fsp3) is 0.158. The van der Waals surface area contributed by atoms with E-state index in [1.165, 1.54) is 0 Å². The molecule has 0 aromatic heterocycles. The SMILES string of the molecule is CCOc1ccc(C2=C(Cl)C(=O)N(c3ccc(C(F)(F)F)cc3)C2=O)cc1. The fourth-order valence-electron chi connectivity index (χ4n) is 2.67. The van der Waals surface area contributed by atoms with E-state index < -0.39 is 23.6 Å². The van der Waals surface area contributed by atoms with E-state index in [4.69, 9.17) is 16.3 Å². The molecule has 0 fully saturated rings. The van der Waals surface area contributed by atoms with Gasteiger partial charge < -0.3 is 4.74 Å². The first kappa shape index (κ1) is 19.0. The van der Waals surface area contributed by atoms with E-state index in [0.717, 1.165) is 29.2 Å². The van der Waals surface area contributed by atoms with Gasteiger partial charge >= 0.3 is 6.18 Å². The third kappa shape index (κ3) is 3.55. The maximum absolute atomic E-state index is 12.7. The zero-order chi connectivity index (χ0) is 19.8. The molecule has 4 nitrogen and oxygen atoms in total. The second-order valence-corrected chi connectivity index (χ2v) is 6.01. The number of nitrogens with zero attached hydrogens (tertiary/aromatic N) is 1. The average molecular weight is 396 g/mol. The summed E-state index contributed by atoms with van der Waals surface area (Å²) in [6, 6.07) is 10.2. The van der Waals surface area contributed by atoms with Crippen LogP contribution in [0.2, 0.25) is 0 Å². The summed E-state index contributed by atoms with van der Waals surface area (Å²) in [5, 5.41) is -0.288. The molecule has 0 spiro atoms. The maximum atomic E-state index is 12.7. The van der Waals surface area contributed by atoms with E-state index in [-0.39, 0.29) is 16.3 Å². The largest absolute Gasteiger partial charge is 0.494 e. The van der Waals surface area contributed by atoms with Crippen LogP contribution in [0.3, 0.4) is 0 Å². The number of imide groups is 1. The molecule has 0 N–H and O–H groups in total. The molecule has 140 valence electrons. The predicted octanol–water partition coefficient (Wildman–Crippen LogP) is 4.63. The molecule has 0 radical (unpaired) electrons. The Bertz CT molecular complexity index is 919. The van der Waals surface area contributed by atoms with Crippen LogP contribution in [0.4, 0.5) is 18.9 Å². The number of hydrogen-bond acceptors (Lipinski definition) is 3. The highest BCUT2D eigenvalue weighted by Crippen LogP contribution is 2.36. The summed E-state index contributed by atoms with van der Waals surface area (Å²) in [4.78, 5) is 25.9. The summed E-state index contributed by atoms with van der Waals surface area (Å²) >= 11 is 6.06. The van der Waals surface area contributed by atoms with Gasteiger partial charge in [0.2, 0.25) is 0 Å². The van der Waals surface area contributed by atoms with E-state index in [0.29, 0.717) is 17.9 Å². The van der Waals surface area contributed by atoms with E-state index >= 15 is 0 Å². The van der Waals surface area contributed by atoms with Crippen LogP contribution >= 0.6 is 11.6 Å². The van der Waals surface area contributed by atoms with Gasteiger partial charge in [0.25, 0.3) is 11.8 Å². The smallest absolute Gasteiger partial charge is 0.416 e. The Balaban J connectivity index is 1.92. The molecule has 0 aliphatic carbocycles. The number of carbonyl (C=O) groups is 2. The van der Waals surface area contributed by atoms with Crippen LogP contribution in [0.15, 0.2) is 53.6 Å². The Kier molecular flexibility index (Phi) is 4.97. The number of benzene rings is 2. The third-order valence-electron chi connectivity index (χ3n) is 3.93. The van der Waals surface area contributed by atoms with Crippen molar-refractivity contribution in [3.05, 3.63) is 64.7 Å². The first-order valence-electron chi connectivity index (χ1n) is 7.93. The van der Waals surface area contributed by atoms with Gasteiger partial charge in [0.1, 0.15) is 10.8 Å². The van der Waals surface area contributed by atoms with Crippen LogP contribution in [0, 0.1) is 0 Å². The number of ether oxygens (including phenoxy) is 1. The molecule has 2 aromatic carbocycles. The van der Waals surface area contributed by atoms with Crippen molar-refractivity contribution < 1.29 is 27.5 Å². The highest BCUT2D eigenvalue weighted by atomic mass is 35.5. The Morgan fingerprint density at radius 3 is 2.07 bits per heavy atom. The lowest BCUT2D eigenvalue weighted by Gasteiger charge is -2.16. The molecule has 0 atom stereocenters. The minimum Gasteiger partial charge on any atom is -0.494 e. The molecule has 1 heterocycles. The number of alkyl halides is 3. The van der Waals surface area contributed by atoms with Gasteiger partial charge in [-0.3, -0.25) is 9.59 Å². The molecule has 27 heavy (non-hydrogen) atoms. The first-order chi connectivity index (χ1) is 12.7. The van der Waals surface area contributed by atoms with Crippen molar-refractivity contribution >= 4 is 34.7 Å². The zero-order valence-corrected chi connectivity index (χ0v) is 14.8. The summed E-state index contributed by atoms with van der Waals surface area (Å²) in [6.45, 7) is 2.30. The van der Waals surface area contributed by atoms with Gasteiger partial charge in [-0.15, -0.1) is 0 Å². The average Bonchev–Trinajstić information content (AvgIpc) is 2.85. The number of rotatable bonds is 4. The number of amides is 2. The van der Waals surface area contributed by atoms with Crippen LogP contribution in [-0.4, -0.2) is 18.4 Å². The molecular formula is C19H13ClF3NO3. The van der Waals surface area contributed by atoms with Gasteiger partial charge in [-0.05, 0) is 48.9 Å². The normalized spacial score (nSPS) is 14.9. The molecule has 8 heteroatoms. The Morgan fingerprint density at radius 2 is 1.56 bits per heavy atom. The van der Waals surface area contributed by atoms with E-state index in [1.807, 2.05) is 6.92 Å². The molecule has 2 aromatic rings. The lowest BCUT2D eigenvalue weighted by molar-refractivity contribution is -0.137. The highest BCUT2D eigenvalue weighted by Gasteiger charge is 2.39. The summed E-state index contributed by atoms with van der Waals surface area (Å²) in [5.74, 6) is -0.895. The second-order valence-electron chi connectivity index (χ2n) is 5.64. The van der Waals surface area contributed by atoms with Crippen LogP contribution < -0.4 is 9.64 Å². The molecule has 0 unspecified atom stereocenters. The van der Waals surface area contributed by atoms with Crippen LogP contribution in [0.25, 0.3) is 5.57 Å². The van der Waals surface area contributed by atoms with E-state index in [9.17, 15) is 22.8 Å². The van der Waals surface area contributed by atoms with Gasteiger partial charge in [-0.25, -0.2) is 4.90 Å². The van der Waals surface area contributed by atoms with Crippen molar-refractivity contribution in [2.45, 2.75) is 13.1 Å². The van der Waals surface area contributed by atoms with Crippen LogP contribution in [-0.2, 0) is 15.8 Å². The van der Waals surface area contributed by atoms with E-state index in [1.54, 1.807) is 24.3 Å². The number of halogens is 4. The van der Waals surface area contributed by atoms with Crippen molar-refractivity contribution in [2.24, 2.45) is 0 Å². The molecule has 3 rings (SSSR count). The molecule has 0 saturated heterocycles. The van der Waals surface area contributed by atoms with E-state index in [2.05, 4.69) is 0 Å². The Hall–Kier alpha value is -2.80. The lowest BCUT2D eigenvalue weighted by atomic mass is 10.1. The van der Waals surface area contributed by atoms with Gasteiger partial charge in [0.05, 0.1) is 23.4 Å². The summed E-state index contributed by atoms with van der Waals surface area (Å²) in [6.07, 6.45) is -4.51. The summed E-state index contributed by atoms with van der Waals surface area (Å²) in [5.41, 5.74) is -0.464. The molecule has 1 aliphatic rings. The van der Waals surface area contributed by atoms with Crippen molar-refractivity contribution in [1.29, 1.82) is 0 Å². The molecule has 1 aliphatic heterocycles. The first-order valence-corrected chi connectivity index (χ1v) is 8.31. The number of hydrogen-bond donors (Lipinski definition) is 0. The van der Waals surface area contributed by atoms with Crippen molar-refractivity contribution in [2.75, 3.05) is 11.5 Å². The standard InChI is InChI=1S/C19H13ClF3NO3/c1-2-27-14-9-3-11(4-10-14)15-16(20)18(26)24(17(15)25)13-7-5-12(6-8-13)19(21,22)23/h3-10H,2H2,1H3. The number of carbonyl (C=O) groups excluding carboxylic acids is 2. The molecule has 2 amide bonds. The topological polar surface area (TPSA) is 46.6 Å². The fourth-order valence-corrected chi connectivity index (χ4v) is 2.95. The summed E-state index contributed by atoms with van der Waals surface area (Å²) in [7, 11) is 0. The summed E-state index contributed by atoms with van der Waals surface area (Å²) < 4.78 is 43.4. The Morgan fingerprint density at radius 1 is 0.963 bits per heavy atom. The monoisotopic (exact) mass is 395 g/mol. The Labute approximate surface area is 157 Å². The highest BCUT2D eigenvalue weighted by molar-refractivity contribution is 6.60. The van der Waals surface area contributed by atoms with Gasteiger partial charge in [0, 0.05) is 0 Å². The second kappa shape index (κ2) is 7.08. The van der Waals surface area contributed by atoms with Crippen LogP contribution in [0.1, 0.15) is 18.1 Å². The maximum Gasteiger partial charge on any atom is 0.416 e. The number of anilines is 1. The molecule has 0 bridgehead atoms. The lowest BCUT2D eigenvalue weighted by Crippen LogP contribution is -2.31. The van der Waals surface area contributed by atoms with Gasteiger partial charge in [0.15, 0.2) is 0 Å². The van der Waals surface area contributed by atoms with Crippen molar-refractivity contribution in [3.63, 3.8) is 0 Å². The van der Waals surface area contributed by atoms with Crippen molar-refractivity contribution in [1.82, 2.24) is 0 Å². The minimum atomic E-state index is -4.51. The minimum absolute atomic E-state index is 0.00962. The molecular weight excluding hydrogens is 383 g/mol. The van der Waals surface area contributed by atoms with Gasteiger partial charge in [-0.2, -0.15) is 13.2 Å². The predicted molar refractivity (Wildman–Crippen MR) is 94.3 cm³/mol. The van der Waals surface area contributed by atoms with Crippen molar-refractivity contribution in [3.8, 4) is 5.75 Å². The third-order valence-corrected chi connectivity index (χ3v) is 4.28. The molecule has 0 saturated carbocycles. The quantitative estimate of drug-likeness (QED) is 0.709. The zero-order valence-electron chi connectivity index (χ0n) is 14.0. The van der Waals surface area contributed by atoms with Gasteiger partial charge in [-0.1, -0.05) is 23.7 Å². The van der Waals surface area contributed by atoms with Crippen LogP contribution in [0.5, 0.6) is 5.75 Å².